The molecule has 2 aromatic heterocycles. The summed E-state index contributed by atoms with van der Waals surface area (Å²) >= 11 is 1.07. The van der Waals surface area contributed by atoms with Crippen LogP contribution in [0.3, 0.4) is 0 Å². The second-order valence-corrected chi connectivity index (χ2v) is 6.56. The molecule has 1 amide bonds. The van der Waals surface area contributed by atoms with Crippen LogP contribution in [0.5, 0.6) is 0 Å². The van der Waals surface area contributed by atoms with E-state index in [4.69, 9.17) is 9.47 Å². The van der Waals surface area contributed by atoms with Gasteiger partial charge in [0.05, 0.1) is 30.6 Å². The zero-order chi connectivity index (χ0) is 19.3. The maximum absolute atomic E-state index is 12.5. The molecule has 0 radical (unpaired) electrons. The number of anilines is 2. The smallest absolute Gasteiger partial charge is 0.342 e. The van der Waals surface area contributed by atoms with E-state index < -0.39 is 18.5 Å². The quantitative estimate of drug-likeness (QED) is 0.647. The fourth-order valence-corrected chi connectivity index (χ4v) is 3.44. The molecule has 9 nitrogen and oxygen atoms in total. The van der Waals surface area contributed by atoms with Crippen molar-refractivity contribution in [1.29, 1.82) is 0 Å². The molecule has 4 rings (SSSR count). The molecule has 0 spiro atoms. The highest BCUT2D eigenvalue weighted by atomic mass is 32.1. The molecule has 0 aliphatic carbocycles. The first-order valence-electron chi connectivity index (χ1n) is 8.68. The third-order valence-corrected chi connectivity index (χ3v) is 4.75. The lowest BCUT2D eigenvalue weighted by Crippen LogP contribution is -2.37. The number of rotatable bonds is 5. The van der Waals surface area contributed by atoms with Crippen LogP contribution in [0.2, 0.25) is 0 Å². The molecule has 1 aliphatic heterocycles. The van der Waals surface area contributed by atoms with Crippen molar-refractivity contribution in [1.82, 2.24) is 13.7 Å². The number of carbonyl (C=O) groups excluding carboxylic acids is 2. The maximum Gasteiger partial charge on any atom is 0.342 e. The highest BCUT2D eigenvalue weighted by Crippen LogP contribution is 2.22. The number of esters is 1. The Hall–Kier alpha value is -3.11. The topological polar surface area (TPSA) is 107 Å². The van der Waals surface area contributed by atoms with Crippen LogP contribution in [0.25, 0.3) is 11.0 Å². The summed E-state index contributed by atoms with van der Waals surface area (Å²) < 4.78 is 18.8. The van der Waals surface area contributed by atoms with E-state index in [-0.39, 0.29) is 0 Å². The van der Waals surface area contributed by atoms with E-state index in [1.807, 2.05) is 11.0 Å². The second-order valence-electron chi connectivity index (χ2n) is 6.04. The molecule has 1 fully saturated rings. The van der Waals surface area contributed by atoms with Crippen molar-refractivity contribution in [2.45, 2.75) is 0 Å². The van der Waals surface area contributed by atoms with Gasteiger partial charge < -0.3 is 19.7 Å². The number of hydrogen-bond acceptors (Lipinski definition) is 9. The van der Waals surface area contributed by atoms with Crippen molar-refractivity contribution in [3.05, 3.63) is 42.1 Å². The molecule has 1 saturated heterocycles. The van der Waals surface area contributed by atoms with Gasteiger partial charge in [0.1, 0.15) is 22.4 Å². The van der Waals surface area contributed by atoms with E-state index in [9.17, 15) is 9.59 Å². The first kappa shape index (κ1) is 18.3. The second kappa shape index (κ2) is 8.28. The molecule has 1 N–H and O–H groups in total. The van der Waals surface area contributed by atoms with Gasteiger partial charge in [-0.3, -0.25) is 4.79 Å². The molecule has 0 bridgehead atoms. The third kappa shape index (κ3) is 3.92. The van der Waals surface area contributed by atoms with Gasteiger partial charge in [0.2, 0.25) is 0 Å². The maximum atomic E-state index is 12.5. The molecule has 1 aromatic carbocycles. The number of hydrogen-bond donors (Lipinski definition) is 1. The number of benzene rings is 1. The Morgan fingerprint density at radius 3 is 2.89 bits per heavy atom. The van der Waals surface area contributed by atoms with Gasteiger partial charge in [0, 0.05) is 19.3 Å². The number of ether oxygens (including phenoxy) is 2. The molecular weight excluding hydrogens is 382 g/mol. The molecule has 1 aliphatic rings. The molecule has 0 atom stereocenters. The molecule has 10 heteroatoms. The van der Waals surface area contributed by atoms with Gasteiger partial charge >= 0.3 is 5.97 Å². The van der Waals surface area contributed by atoms with Crippen LogP contribution in [0.15, 0.2) is 36.5 Å². The lowest BCUT2D eigenvalue weighted by molar-refractivity contribution is -0.119. The van der Waals surface area contributed by atoms with Gasteiger partial charge in [0.15, 0.2) is 6.61 Å². The van der Waals surface area contributed by atoms with E-state index in [0.29, 0.717) is 54.4 Å². The SMILES string of the molecule is O=C(COC(=O)c1cccnc1N1CCOCC1)Nc1cccc2nsnc12. The number of nitrogens with one attached hydrogen (secondary N) is 1. The summed E-state index contributed by atoms with van der Waals surface area (Å²) in [5, 5.41) is 2.70. The summed E-state index contributed by atoms with van der Waals surface area (Å²) in [7, 11) is 0. The summed E-state index contributed by atoms with van der Waals surface area (Å²) in [5.41, 5.74) is 2.16. The Labute approximate surface area is 164 Å². The largest absolute Gasteiger partial charge is 0.452 e. The zero-order valence-electron chi connectivity index (χ0n) is 14.8. The average Bonchev–Trinajstić information content (AvgIpc) is 3.23. The van der Waals surface area contributed by atoms with Gasteiger partial charge in [-0.15, -0.1) is 0 Å². The minimum absolute atomic E-state index is 0.322. The van der Waals surface area contributed by atoms with E-state index >= 15 is 0 Å². The van der Waals surface area contributed by atoms with Crippen molar-refractivity contribution in [3.63, 3.8) is 0 Å². The van der Waals surface area contributed by atoms with Crippen molar-refractivity contribution < 1.29 is 19.1 Å². The summed E-state index contributed by atoms with van der Waals surface area (Å²) in [6.45, 7) is 2.02. The highest BCUT2D eigenvalue weighted by molar-refractivity contribution is 7.00. The Kier molecular flexibility index (Phi) is 5.40. The first-order chi connectivity index (χ1) is 13.7. The zero-order valence-corrected chi connectivity index (χ0v) is 15.6. The number of morpholine rings is 1. The number of fused-ring (bicyclic) bond motifs is 1. The van der Waals surface area contributed by atoms with E-state index in [1.54, 1.807) is 30.5 Å². The molecule has 3 heterocycles. The van der Waals surface area contributed by atoms with Crippen LogP contribution in [0.1, 0.15) is 10.4 Å². The van der Waals surface area contributed by atoms with Crippen LogP contribution in [-0.2, 0) is 14.3 Å². The van der Waals surface area contributed by atoms with E-state index in [0.717, 1.165) is 11.7 Å². The number of nitrogens with zero attached hydrogens (tertiary/aromatic N) is 4. The van der Waals surface area contributed by atoms with Crippen LogP contribution in [0, 0.1) is 0 Å². The lowest BCUT2D eigenvalue weighted by Gasteiger charge is -2.28. The Bertz CT molecular complexity index is 1000. The van der Waals surface area contributed by atoms with Gasteiger partial charge in [-0.05, 0) is 24.3 Å². The van der Waals surface area contributed by atoms with Crippen LogP contribution in [-0.4, -0.2) is 58.5 Å². The summed E-state index contributed by atoms with van der Waals surface area (Å²) in [4.78, 5) is 31.0. The third-order valence-electron chi connectivity index (χ3n) is 4.21. The van der Waals surface area contributed by atoms with E-state index in [1.165, 1.54) is 0 Å². The molecule has 28 heavy (non-hydrogen) atoms. The first-order valence-corrected chi connectivity index (χ1v) is 9.41. The molecule has 0 saturated carbocycles. The lowest BCUT2D eigenvalue weighted by atomic mass is 10.2. The molecule has 0 unspecified atom stereocenters. The Morgan fingerprint density at radius 2 is 2.04 bits per heavy atom. The molecule has 144 valence electrons. The Morgan fingerprint density at radius 1 is 1.18 bits per heavy atom. The van der Waals surface area contributed by atoms with Gasteiger partial charge in [0.25, 0.3) is 5.91 Å². The van der Waals surface area contributed by atoms with Crippen LogP contribution in [0.4, 0.5) is 11.5 Å². The van der Waals surface area contributed by atoms with Gasteiger partial charge in [-0.1, -0.05) is 6.07 Å². The Balaban J connectivity index is 1.40. The van der Waals surface area contributed by atoms with Crippen LogP contribution < -0.4 is 10.2 Å². The molecule has 3 aromatic rings. The summed E-state index contributed by atoms with van der Waals surface area (Å²) in [5.74, 6) is -0.515. The standard InChI is InChI=1S/C18H17N5O4S/c24-15(20-13-4-1-5-14-16(13)22-28-21-14)11-27-18(25)12-3-2-6-19-17(12)23-7-9-26-10-8-23/h1-6H,7-11H2,(H,20,24). The fourth-order valence-electron chi connectivity index (χ4n) is 2.89. The normalized spacial score (nSPS) is 14.1. The fraction of sp³-hybridized carbons (Fsp3) is 0.278. The van der Waals surface area contributed by atoms with Crippen molar-refractivity contribution in [3.8, 4) is 0 Å². The van der Waals surface area contributed by atoms with Crippen LogP contribution >= 0.6 is 11.7 Å². The number of pyridine rings is 1. The predicted octanol–water partition coefficient (Wildman–Crippen LogP) is 1.72. The number of carbonyl (C=O) groups is 2. The molecular formula is C18H17N5O4S. The average molecular weight is 399 g/mol. The van der Waals surface area contributed by atoms with Crippen molar-refractivity contribution in [2.75, 3.05) is 43.1 Å². The number of amides is 1. The van der Waals surface area contributed by atoms with Crippen molar-refractivity contribution in [2.24, 2.45) is 0 Å². The highest BCUT2D eigenvalue weighted by Gasteiger charge is 2.21. The minimum Gasteiger partial charge on any atom is -0.452 e. The minimum atomic E-state index is -0.599. The predicted molar refractivity (Wildman–Crippen MR) is 104 cm³/mol. The van der Waals surface area contributed by atoms with Gasteiger partial charge in [-0.25, -0.2) is 9.78 Å². The van der Waals surface area contributed by atoms with E-state index in [2.05, 4.69) is 19.0 Å². The monoisotopic (exact) mass is 399 g/mol. The summed E-state index contributed by atoms with van der Waals surface area (Å²) in [6.07, 6.45) is 1.62. The number of aromatic nitrogens is 3. The van der Waals surface area contributed by atoms with Crippen molar-refractivity contribution >= 4 is 46.1 Å². The van der Waals surface area contributed by atoms with Gasteiger partial charge in [-0.2, -0.15) is 8.75 Å². The summed E-state index contributed by atoms with van der Waals surface area (Å²) in [6, 6.07) is 8.61.